The number of ether oxygens (including phenoxy) is 1. The van der Waals surface area contributed by atoms with Crippen LogP contribution in [0.15, 0.2) is 54.6 Å². The van der Waals surface area contributed by atoms with Crippen molar-refractivity contribution in [3.63, 3.8) is 0 Å². The number of hydrogen-bond donors (Lipinski definition) is 1. The van der Waals surface area contributed by atoms with E-state index >= 15 is 0 Å². The van der Waals surface area contributed by atoms with Crippen molar-refractivity contribution in [3.05, 3.63) is 76.2 Å². The monoisotopic (exact) mass is 248 g/mol. The molecule has 0 spiro atoms. The van der Waals surface area contributed by atoms with Gasteiger partial charge in [0.25, 0.3) is 0 Å². The summed E-state index contributed by atoms with van der Waals surface area (Å²) in [6, 6.07) is 16.3. The van der Waals surface area contributed by atoms with Crippen LogP contribution in [0.2, 0.25) is 0 Å². The second kappa shape index (κ2) is 3.84. The highest BCUT2D eigenvalue weighted by Gasteiger charge is 2.24. The molecule has 1 heterocycles. The molecule has 1 aliphatic heterocycles. The summed E-state index contributed by atoms with van der Waals surface area (Å²) in [6.07, 6.45) is 3.07. The molecule has 19 heavy (non-hydrogen) atoms. The van der Waals surface area contributed by atoms with Crippen molar-refractivity contribution in [1.82, 2.24) is 0 Å². The predicted molar refractivity (Wildman–Crippen MR) is 74.2 cm³/mol. The first-order chi connectivity index (χ1) is 9.33. The average Bonchev–Trinajstić information content (AvgIpc) is 2.76. The maximum Gasteiger partial charge on any atom is 0.218 e. The number of benzene rings is 2. The number of hydrogen-bond acceptors (Lipinski definition) is 2. The van der Waals surface area contributed by atoms with Crippen molar-refractivity contribution in [2.45, 2.75) is 6.29 Å². The standard InChI is InChI=1S/C17H12O2/c18-16-10-15-13-7-3-1-5-11(13)9-12-6-2-4-8-14(12)17(15)19-16/h1-10,16,18H. The van der Waals surface area contributed by atoms with Gasteiger partial charge in [-0.05, 0) is 28.5 Å². The van der Waals surface area contributed by atoms with E-state index in [-0.39, 0.29) is 0 Å². The molecular formula is C17H12O2. The minimum atomic E-state index is -0.857. The van der Waals surface area contributed by atoms with Gasteiger partial charge in [0.2, 0.25) is 6.29 Å². The molecule has 2 aliphatic rings. The average molecular weight is 248 g/mol. The molecule has 92 valence electrons. The van der Waals surface area contributed by atoms with Crippen LogP contribution in [-0.4, -0.2) is 11.4 Å². The zero-order chi connectivity index (χ0) is 12.8. The predicted octanol–water partition coefficient (Wildman–Crippen LogP) is 1.37. The summed E-state index contributed by atoms with van der Waals surface area (Å²) in [4.78, 5) is 0. The summed E-state index contributed by atoms with van der Waals surface area (Å²) in [5.74, 6) is 0.768. The lowest BCUT2D eigenvalue weighted by molar-refractivity contribution is 0.0115. The Kier molecular flexibility index (Phi) is 2.14. The largest absolute Gasteiger partial charge is 0.460 e. The molecule has 0 radical (unpaired) electrons. The van der Waals surface area contributed by atoms with Crippen molar-refractivity contribution in [2.24, 2.45) is 0 Å². The molecule has 0 aromatic heterocycles. The van der Waals surface area contributed by atoms with E-state index in [1.807, 2.05) is 30.3 Å². The van der Waals surface area contributed by atoms with E-state index in [2.05, 4.69) is 24.3 Å². The molecule has 0 saturated heterocycles. The summed E-state index contributed by atoms with van der Waals surface area (Å²) in [5, 5.41) is 11.9. The summed E-state index contributed by atoms with van der Waals surface area (Å²) < 4.78 is 5.59. The maximum atomic E-state index is 9.77. The molecule has 1 atom stereocenters. The second-order valence-electron chi connectivity index (χ2n) is 4.74. The number of aliphatic hydroxyl groups is 1. The molecule has 0 bridgehead atoms. The SMILES string of the molecule is OC1C=C2C(=c3ccccc3=Cc3ccccc32)O1. The molecule has 1 unspecified atom stereocenters. The van der Waals surface area contributed by atoms with E-state index in [1.165, 1.54) is 0 Å². The molecule has 1 N–H and O–H groups in total. The third kappa shape index (κ3) is 1.54. The molecule has 4 rings (SSSR count). The van der Waals surface area contributed by atoms with Gasteiger partial charge in [0.15, 0.2) is 0 Å². The Morgan fingerprint density at radius 2 is 1.74 bits per heavy atom. The molecule has 1 aliphatic carbocycles. The van der Waals surface area contributed by atoms with Gasteiger partial charge in [-0.2, -0.15) is 0 Å². The Morgan fingerprint density at radius 3 is 2.68 bits per heavy atom. The highest BCUT2D eigenvalue weighted by Crippen LogP contribution is 2.34. The van der Waals surface area contributed by atoms with Crippen LogP contribution in [0.1, 0.15) is 11.1 Å². The van der Waals surface area contributed by atoms with Gasteiger partial charge >= 0.3 is 0 Å². The first-order valence-electron chi connectivity index (χ1n) is 6.30. The van der Waals surface area contributed by atoms with Crippen molar-refractivity contribution in [2.75, 3.05) is 0 Å². The van der Waals surface area contributed by atoms with Crippen molar-refractivity contribution in [3.8, 4) is 0 Å². The lowest BCUT2D eigenvalue weighted by Crippen LogP contribution is -2.26. The Balaban J connectivity index is 2.20. The molecule has 2 aromatic carbocycles. The highest BCUT2D eigenvalue weighted by atomic mass is 16.6. The molecule has 0 saturated carbocycles. The third-order valence-corrected chi connectivity index (χ3v) is 3.56. The van der Waals surface area contributed by atoms with Gasteiger partial charge in [-0.25, -0.2) is 0 Å². The Hall–Kier alpha value is -2.32. The lowest BCUT2D eigenvalue weighted by atomic mass is 9.99. The zero-order valence-corrected chi connectivity index (χ0v) is 10.2. The van der Waals surface area contributed by atoms with Gasteiger partial charge in [-0.3, -0.25) is 0 Å². The molecular weight excluding hydrogens is 236 g/mol. The third-order valence-electron chi connectivity index (χ3n) is 3.56. The Labute approximate surface area is 110 Å². The Morgan fingerprint density at radius 1 is 0.947 bits per heavy atom. The van der Waals surface area contributed by atoms with E-state index in [0.29, 0.717) is 0 Å². The van der Waals surface area contributed by atoms with Crippen LogP contribution in [-0.2, 0) is 4.74 Å². The van der Waals surface area contributed by atoms with Crippen LogP contribution < -0.4 is 10.4 Å². The van der Waals surface area contributed by atoms with Crippen LogP contribution in [0, 0.1) is 0 Å². The minimum Gasteiger partial charge on any atom is -0.460 e. The van der Waals surface area contributed by atoms with Crippen LogP contribution in [0.5, 0.6) is 0 Å². The van der Waals surface area contributed by atoms with E-state index < -0.39 is 6.29 Å². The van der Waals surface area contributed by atoms with Gasteiger partial charge in [0.1, 0.15) is 5.76 Å². The fraction of sp³-hybridized carbons (Fsp3) is 0.0588. The van der Waals surface area contributed by atoms with Gasteiger partial charge in [-0.1, -0.05) is 48.5 Å². The summed E-state index contributed by atoms with van der Waals surface area (Å²) in [7, 11) is 0. The minimum absolute atomic E-state index is 0.768. The second-order valence-corrected chi connectivity index (χ2v) is 4.74. The number of rotatable bonds is 0. The number of aliphatic hydroxyl groups excluding tert-OH is 1. The van der Waals surface area contributed by atoms with Crippen LogP contribution in [0.25, 0.3) is 17.4 Å². The zero-order valence-electron chi connectivity index (χ0n) is 10.2. The number of fused-ring (bicyclic) bond motifs is 4. The normalized spacial score (nSPS) is 19.3. The van der Waals surface area contributed by atoms with Gasteiger partial charge in [0, 0.05) is 10.8 Å². The summed E-state index contributed by atoms with van der Waals surface area (Å²) >= 11 is 0. The molecule has 0 fully saturated rings. The topological polar surface area (TPSA) is 29.5 Å². The van der Waals surface area contributed by atoms with Crippen LogP contribution >= 0.6 is 0 Å². The summed E-state index contributed by atoms with van der Waals surface area (Å²) in [6.45, 7) is 0. The smallest absolute Gasteiger partial charge is 0.218 e. The fourth-order valence-corrected chi connectivity index (χ4v) is 2.72. The highest BCUT2D eigenvalue weighted by molar-refractivity contribution is 5.99. The van der Waals surface area contributed by atoms with E-state index in [0.717, 1.165) is 32.9 Å². The van der Waals surface area contributed by atoms with Crippen molar-refractivity contribution < 1.29 is 9.84 Å². The first kappa shape index (κ1) is 10.6. The van der Waals surface area contributed by atoms with E-state index in [4.69, 9.17) is 4.74 Å². The van der Waals surface area contributed by atoms with Crippen LogP contribution in [0.4, 0.5) is 0 Å². The van der Waals surface area contributed by atoms with Crippen LogP contribution in [0.3, 0.4) is 0 Å². The van der Waals surface area contributed by atoms with Crippen molar-refractivity contribution in [1.29, 1.82) is 0 Å². The van der Waals surface area contributed by atoms with Crippen molar-refractivity contribution >= 4 is 17.4 Å². The van der Waals surface area contributed by atoms with E-state index in [1.54, 1.807) is 6.08 Å². The fourth-order valence-electron chi connectivity index (χ4n) is 2.72. The Bertz CT molecular complexity index is 815. The van der Waals surface area contributed by atoms with E-state index in [9.17, 15) is 5.11 Å². The van der Waals surface area contributed by atoms with Gasteiger partial charge in [-0.15, -0.1) is 0 Å². The maximum absolute atomic E-state index is 9.77. The molecule has 2 nitrogen and oxygen atoms in total. The van der Waals surface area contributed by atoms with Gasteiger partial charge in [0.05, 0.1) is 0 Å². The molecule has 0 amide bonds. The summed E-state index contributed by atoms with van der Waals surface area (Å²) in [5.41, 5.74) is 3.23. The van der Waals surface area contributed by atoms with Gasteiger partial charge < -0.3 is 9.84 Å². The quantitative estimate of drug-likeness (QED) is 0.763. The molecule has 2 heteroatoms. The molecule has 2 aromatic rings. The first-order valence-corrected chi connectivity index (χ1v) is 6.30. The lowest BCUT2D eigenvalue weighted by Gasteiger charge is -2.07.